The molecule has 3 fully saturated rings. The summed E-state index contributed by atoms with van der Waals surface area (Å²) in [5.74, 6) is 1.76. The molecule has 0 aromatic carbocycles. The molecule has 3 rings (SSSR count). The quantitative estimate of drug-likeness (QED) is 0.822. The minimum Gasteiger partial charge on any atom is -0.393 e. The van der Waals surface area contributed by atoms with Gasteiger partial charge >= 0.3 is 0 Å². The molecule has 0 amide bonds. The van der Waals surface area contributed by atoms with Gasteiger partial charge in [-0.25, -0.2) is 0 Å². The summed E-state index contributed by atoms with van der Waals surface area (Å²) in [4.78, 5) is 0. The standard InChI is InChI=1S/C15H26O3/c1-11-2-3-12(8-11)14(16)13-4-6-18-15(9-13)5-7-17-10-15/h11-14,16H,2-10H2,1H3. The van der Waals surface area contributed by atoms with Crippen LogP contribution in [0.1, 0.15) is 45.4 Å². The highest BCUT2D eigenvalue weighted by atomic mass is 16.6. The van der Waals surface area contributed by atoms with Crippen molar-refractivity contribution in [2.75, 3.05) is 19.8 Å². The highest BCUT2D eigenvalue weighted by Gasteiger charge is 2.44. The molecule has 2 saturated heterocycles. The van der Waals surface area contributed by atoms with Gasteiger partial charge < -0.3 is 14.6 Å². The lowest BCUT2D eigenvalue weighted by atomic mass is 9.78. The first-order valence-corrected chi connectivity index (χ1v) is 7.58. The highest BCUT2D eigenvalue weighted by molar-refractivity contribution is 4.94. The summed E-state index contributed by atoms with van der Waals surface area (Å²) in [5.41, 5.74) is -0.0614. The summed E-state index contributed by atoms with van der Waals surface area (Å²) in [7, 11) is 0. The van der Waals surface area contributed by atoms with Gasteiger partial charge in [0.05, 0.1) is 18.3 Å². The SMILES string of the molecule is CC1CCC(C(O)C2CCOC3(CCOC3)C2)C1. The fraction of sp³-hybridized carbons (Fsp3) is 1.00. The Balaban J connectivity index is 1.61. The zero-order valence-electron chi connectivity index (χ0n) is 11.4. The van der Waals surface area contributed by atoms with Crippen molar-refractivity contribution in [1.29, 1.82) is 0 Å². The van der Waals surface area contributed by atoms with E-state index in [-0.39, 0.29) is 11.7 Å². The zero-order valence-corrected chi connectivity index (χ0v) is 11.4. The number of aliphatic hydroxyl groups excluding tert-OH is 1. The van der Waals surface area contributed by atoms with Gasteiger partial charge in [0.1, 0.15) is 0 Å². The number of ether oxygens (including phenoxy) is 2. The molecule has 2 heterocycles. The Bertz CT molecular complexity index is 285. The molecule has 0 radical (unpaired) electrons. The molecule has 1 saturated carbocycles. The van der Waals surface area contributed by atoms with Crippen LogP contribution >= 0.6 is 0 Å². The van der Waals surface area contributed by atoms with Crippen molar-refractivity contribution in [2.45, 2.75) is 57.2 Å². The summed E-state index contributed by atoms with van der Waals surface area (Å²) in [5, 5.41) is 10.6. The number of hydrogen-bond donors (Lipinski definition) is 1. The van der Waals surface area contributed by atoms with Gasteiger partial charge in [-0.2, -0.15) is 0 Å². The normalized spacial score (nSPS) is 46.7. The van der Waals surface area contributed by atoms with Crippen LogP contribution in [0.5, 0.6) is 0 Å². The van der Waals surface area contributed by atoms with Crippen LogP contribution in [0.15, 0.2) is 0 Å². The van der Waals surface area contributed by atoms with Crippen molar-refractivity contribution in [3.8, 4) is 0 Å². The maximum Gasteiger partial charge on any atom is 0.0940 e. The topological polar surface area (TPSA) is 38.7 Å². The fourth-order valence-corrected chi connectivity index (χ4v) is 4.17. The van der Waals surface area contributed by atoms with Crippen LogP contribution in [0.25, 0.3) is 0 Å². The maximum atomic E-state index is 10.6. The molecule has 3 aliphatic rings. The van der Waals surface area contributed by atoms with Crippen LogP contribution in [0.2, 0.25) is 0 Å². The van der Waals surface area contributed by atoms with Gasteiger partial charge in [0.2, 0.25) is 0 Å². The van der Waals surface area contributed by atoms with Crippen molar-refractivity contribution in [1.82, 2.24) is 0 Å². The van der Waals surface area contributed by atoms with E-state index < -0.39 is 0 Å². The molecule has 5 atom stereocenters. The molecule has 0 aromatic heterocycles. The van der Waals surface area contributed by atoms with Gasteiger partial charge in [-0.1, -0.05) is 13.3 Å². The summed E-state index contributed by atoms with van der Waals surface area (Å²) >= 11 is 0. The van der Waals surface area contributed by atoms with E-state index in [0.29, 0.717) is 11.8 Å². The third kappa shape index (κ3) is 2.45. The van der Waals surface area contributed by atoms with E-state index in [2.05, 4.69) is 6.92 Å². The summed E-state index contributed by atoms with van der Waals surface area (Å²) in [6.45, 7) is 4.66. The summed E-state index contributed by atoms with van der Waals surface area (Å²) in [6, 6.07) is 0. The second kappa shape index (κ2) is 5.10. The molecule has 104 valence electrons. The van der Waals surface area contributed by atoms with Crippen LogP contribution in [0.3, 0.4) is 0 Å². The molecule has 0 aromatic rings. The second-order valence-corrected chi connectivity index (χ2v) is 6.76. The highest BCUT2D eigenvalue weighted by Crippen LogP contribution is 2.42. The zero-order chi connectivity index (χ0) is 12.6. The molecule has 1 aliphatic carbocycles. The van der Waals surface area contributed by atoms with Gasteiger partial charge in [0, 0.05) is 19.6 Å². The van der Waals surface area contributed by atoms with Gasteiger partial charge in [0.25, 0.3) is 0 Å². The average molecular weight is 254 g/mol. The van der Waals surface area contributed by atoms with E-state index >= 15 is 0 Å². The predicted octanol–water partition coefficient (Wildman–Crippen LogP) is 2.37. The Hall–Kier alpha value is -0.120. The second-order valence-electron chi connectivity index (χ2n) is 6.76. The number of rotatable bonds is 2. The first kappa shape index (κ1) is 12.9. The molecule has 1 N–H and O–H groups in total. The molecular formula is C15H26O3. The number of aliphatic hydroxyl groups is 1. The van der Waals surface area contributed by atoms with Crippen molar-refractivity contribution in [3.63, 3.8) is 0 Å². The minimum atomic E-state index is -0.115. The van der Waals surface area contributed by atoms with Crippen LogP contribution in [-0.4, -0.2) is 36.6 Å². The van der Waals surface area contributed by atoms with Gasteiger partial charge in [0.15, 0.2) is 0 Å². The van der Waals surface area contributed by atoms with Crippen molar-refractivity contribution in [3.05, 3.63) is 0 Å². The molecule has 0 bridgehead atoms. The monoisotopic (exact) mass is 254 g/mol. The molecule has 3 nitrogen and oxygen atoms in total. The van der Waals surface area contributed by atoms with E-state index in [1.165, 1.54) is 19.3 Å². The van der Waals surface area contributed by atoms with E-state index in [0.717, 1.165) is 45.0 Å². The lowest BCUT2D eigenvalue weighted by molar-refractivity contribution is -0.123. The predicted molar refractivity (Wildman–Crippen MR) is 69.4 cm³/mol. The summed E-state index contributed by atoms with van der Waals surface area (Å²) in [6.07, 6.45) is 6.63. The largest absolute Gasteiger partial charge is 0.393 e. The van der Waals surface area contributed by atoms with Gasteiger partial charge in [-0.3, -0.25) is 0 Å². The van der Waals surface area contributed by atoms with Gasteiger partial charge in [-0.15, -0.1) is 0 Å². The van der Waals surface area contributed by atoms with Crippen LogP contribution in [-0.2, 0) is 9.47 Å². The van der Waals surface area contributed by atoms with E-state index in [1.54, 1.807) is 0 Å². The Morgan fingerprint density at radius 1 is 1.17 bits per heavy atom. The fourth-order valence-electron chi connectivity index (χ4n) is 4.17. The molecule has 18 heavy (non-hydrogen) atoms. The van der Waals surface area contributed by atoms with Crippen molar-refractivity contribution in [2.24, 2.45) is 17.8 Å². The molecule has 5 unspecified atom stereocenters. The molecule has 1 spiro atoms. The lowest BCUT2D eigenvalue weighted by Gasteiger charge is -2.40. The third-order valence-corrected chi connectivity index (χ3v) is 5.30. The van der Waals surface area contributed by atoms with Crippen LogP contribution in [0, 0.1) is 17.8 Å². The number of hydrogen-bond acceptors (Lipinski definition) is 3. The van der Waals surface area contributed by atoms with Crippen molar-refractivity contribution >= 4 is 0 Å². The Kier molecular flexibility index (Phi) is 3.65. The summed E-state index contributed by atoms with van der Waals surface area (Å²) < 4.78 is 11.5. The van der Waals surface area contributed by atoms with Crippen molar-refractivity contribution < 1.29 is 14.6 Å². The maximum absolute atomic E-state index is 10.6. The van der Waals surface area contributed by atoms with E-state index in [4.69, 9.17) is 9.47 Å². The van der Waals surface area contributed by atoms with Crippen LogP contribution in [0.4, 0.5) is 0 Å². The molecule has 3 heteroatoms. The Morgan fingerprint density at radius 2 is 2.06 bits per heavy atom. The first-order chi connectivity index (χ1) is 8.69. The Morgan fingerprint density at radius 3 is 2.72 bits per heavy atom. The third-order valence-electron chi connectivity index (χ3n) is 5.30. The first-order valence-electron chi connectivity index (χ1n) is 7.58. The molecular weight excluding hydrogens is 228 g/mol. The van der Waals surface area contributed by atoms with Crippen LogP contribution < -0.4 is 0 Å². The van der Waals surface area contributed by atoms with Gasteiger partial charge in [-0.05, 0) is 43.4 Å². The smallest absolute Gasteiger partial charge is 0.0940 e. The Labute approximate surface area is 110 Å². The average Bonchev–Trinajstić information content (AvgIpc) is 2.98. The lowest BCUT2D eigenvalue weighted by Crippen LogP contribution is -2.44. The molecule has 2 aliphatic heterocycles. The minimum absolute atomic E-state index is 0.0614. The van der Waals surface area contributed by atoms with E-state index in [9.17, 15) is 5.11 Å². The van der Waals surface area contributed by atoms with E-state index in [1.807, 2.05) is 0 Å².